The molecule has 6 heteroatoms. The molecule has 0 aromatic rings. The summed E-state index contributed by atoms with van der Waals surface area (Å²) in [5.41, 5.74) is 0. The first-order valence-electron chi connectivity index (χ1n) is 1.24. The van der Waals surface area contributed by atoms with E-state index in [1.54, 1.807) is 0 Å². The highest BCUT2D eigenvalue weighted by molar-refractivity contribution is 9.09. The first kappa shape index (κ1) is 7.43. The summed E-state index contributed by atoms with van der Waals surface area (Å²) in [4.78, 5) is 7.74. The van der Waals surface area contributed by atoms with Gasteiger partial charge in [-0.15, -0.1) is 4.89 Å². The quantitative estimate of drug-likeness (QED) is 0.529. The van der Waals surface area contributed by atoms with Gasteiger partial charge < -0.3 is 0 Å². The second-order valence-corrected chi connectivity index (χ2v) is 2.01. The van der Waals surface area contributed by atoms with Gasteiger partial charge >= 0.3 is 13.5 Å². The Bertz CT molecular complexity index is 75.3. The summed E-state index contributed by atoms with van der Waals surface area (Å²) >= 11 is 2.24. The fourth-order valence-corrected chi connectivity index (χ4v) is 0.634. The Balaban J connectivity index is 3.13. The molecule has 42 valence electrons. The van der Waals surface area contributed by atoms with Gasteiger partial charge in [-0.1, -0.05) is 4.52 Å². The van der Waals surface area contributed by atoms with Crippen LogP contribution >= 0.6 is 24.2 Å². The van der Waals surface area contributed by atoms with Crippen LogP contribution in [0.25, 0.3) is 0 Å². The van der Waals surface area contributed by atoms with Crippen molar-refractivity contribution in [3.05, 3.63) is 0 Å². The lowest BCUT2D eigenvalue weighted by Gasteiger charge is -1.79. The van der Waals surface area contributed by atoms with Crippen LogP contribution in [0.3, 0.4) is 0 Å². The van der Waals surface area contributed by atoms with Gasteiger partial charge in [0.25, 0.3) is 0 Å². The molecule has 0 spiro atoms. The van der Waals surface area contributed by atoms with Crippen LogP contribution < -0.4 is 0 Å². The van der Waals surface area contributed by atoms with Crippen molar-refractivity contribution in [2.45, 2.75) is 5.27 Å². The topological polar surface area (TPSA) is 46.5 Å². The molecule has 2 atom stereocenters. The molecular formula is CH2BrFO3P+. The van der Waals surface area contributed by atoms with Crippen molar-refractivity contribution in [2.75, 3.05) is 0 Å². The molecule has 3 nitrogen and oxygen atoms in total. The van der Waals surface area contributed by atoms with Crippen LogP contribution in [0.5, 0.6) is 0 Å². The third kappa shape index (κ3) is 6.43. The van der Waals surface area contributed by atoms with E-state index in [4.69, 9.17) is 4.89 Å². The van der Waals surface area contributed by atoms with Crippen LogP contribution in [-0.4, -0.2) is 10.2 Å². The monoisotopic (exact) mass is 191 g/mol. The van der Waals surface area contributed by atoms with Crippen LogP contribution in [0, 0.1) is 0 Å². The molecule has 0 fully saturated rings. The van der Waals surface area contributed by atoms with E-state index in [0.717, 1.165) is 0 Å². The van der Waals surface area contributed by atoms with E-state index < -0.39 is 13.5 Å². The summed E-state index contributed by atoms with van der Waals surface area (Å²) in [7, 11) is -2.81. The zero-order chi connectivity index (χ0) is 5.86. The van der Waals surface area contributed by atoms with Gasteiger partial charge in [0.15, 0.2) is 0 Å². The molecule has 0 saturated heterocycles. The number of hydrogen-bond acceptors (Lipinski definition) is 2. The Morgan fingerprint density at radius 3 is 2.43 bits per heavy atom. The summed E-state index contributed by atoms with van der Waals surface area (Å²) in [5.74, 6) is 0. The predicted molar refractivity (Wildman–Crippen MR) is 24.7 cm³/mol. The maximum atomic E-state index is 11.3. The van der Waals surface area contributed by atoms with E-state index in [0.29, 0.717) is 0 Å². The minimum Gasteiger partial charge on any atom is -0.198 e. The lowest BCUT2D eigenvalue weighted by molar-refractivity contribution is 0.153. The van der Waals surface area contributed by atoms with Gasteiger partial charge in [-0.05, 0) is 15.9 Å². The Morgan fingerprint density at radius 1 is 2.00 bits per heavy atom. The standard InChI is InChI=1S/CHBrFO3P/c2-1(3)6-7(4)5/h1H/p+1. The lowest BCUT2D eigenvalue weighted by Crippen LogP contribution is -1.84. The summed E-state index contributed by atoms with van der Waals surface area (Å²) < 4.78 is 24.3. The zero-order valence-electron chi connectivity index (χ0n) is 3.04. The summed E-state index contributed by atoms with van der Waals surface area (Å²) in [6.45, 7) is 0. The highest BCUT2D eigenvalue weighted by Gasteiger charge is 2.18. The number of halogens is 2. The summed E-state index contributed by atoms with van der Waals surface area (Å²) in [6, 6.07) is 0. The molecule has 0 aliphatic carbocycles. The Morgan fingerprint density at radius 2 is 2.43 bits per heavy atom. The molecule has 1 N–H and O–H groups in total. The van der Waals surface area contributed by atoms with Crippen molar-refractivity contribution >= 4 is 24.2 Å². The summed E-state index contributed by atoms with van der Waals surface area (Å²) in [5, 5.41) is -1.85. The molecule has 0 aromatic heterocycles. The average Bonchev–Trinajstić information content (AvgIpc) is 1.27. The molecular weight excluding hydrogens is 190 g/mol. The van der Waals surface area contributed by atoms with Gasteiger partial charge in [-0.2, -0.15) is 4.39 Å². The highest BCUT2D eigenvalue weighted by Crippen LogP contribution is 2.21. The molecule has 0 aliphatic heterocycles. The second kappa shape index (κ2) is 3.43. The number of hydrogen-bond donors (Lipinski definition) is 1. The van der Waals surface area contributed by atoms with Gasteiger partial charge in [0, 0.05) is 4.57 Å². The minimum absolute atomic E-state index is 1.85. The van der Waals surface area contributed by atoms with E-state index in [2.05, 4.69) is 20.5 Å². The minimum atomic E-state index is -2.81. The molecule has 0 rings (SSSR count). The first-order chi connectivity index (χ1) is 3.13. The van der Waals surface area contributed by atoms with Crippen LogP contribution in [0.2, 0.25) is 0 Å². The molecule has 0 bridgehead atoms. The van der Waals surface area contributed by atoms with E-state index in [1.807, 2.05) is 0 Å². The predicted octanol–water partition coefficient (Wildman–Crippen LogP) is 1.30. The molecule has 0 heterocycles. The fraction of sp³-hybridized carbons (Fsp3) is 1.00. The van der Waals surface area contributed by atoms with Crippen LogP contribution in [-0.2, 0) is 9.09 Å². The number of alkyl halides is 2. The van der Waals surface area contributed by atoms with E-state index >= 15 is 0 Å². The van der Waals surface area contributed by atoms with Gasteiger partial charge in [0.05, 0.1) is 0 Å². The second-order valence-electron chi connectivity index (χ2n) is 0.604. The number of rotatable bonds is 2. The molecule has 0 radical (unpaired) electrons. The Labute approximate surface area is 48.6 Å². The van der Waals surface area contributed by atoms with Crippen molar-refractivity contribution in [2.24, 2.45) is 0 Å². The van der Waals surface area contributed by atoms with Crippen molar-refractivity contribution in [3.8, 4) is 0 Å². The van der Waals surface area contributed by atoms with Crippen molar-refractivity contribution in [1.82, 2.24) is 0 Å². The fourth-order valence-electron chi connectivity index (χ4n) is 0.0682. The summed E-state index contributed by atoms with van der Waals surface area (Å²) in [6.07, 6.45) is 0. The van der Waals surface area contributed by atoms with Gasteiger partial charge in [0.2, 0.25) is 0 Å². The normalized spacial score (nSPS) is 16.1. The highest BCUT2D eigenvalue weighted by atomic mass is 79.9. The zero-order valence-corrected chi connectivity index (χ0v) is 5.52. The van der Waals surface area contributed by atoms with E-state index in [1.165, 1.54) is 0 Å². The van der Waals surface area contributed by atoms with Crippen LogP contribution in [0.15, 0.2) is 0 Å². The van der Waals surface area contributed by atoms with Crippen molar-refractivity contribution in [3.63, 3.8) is 0 Å². The third-order valence-corrected chi connectivity index (χ3v) is 1.01. The molecule has 7 heavy (non-hydrogen) atoms. The molecule has 0 aliphatic rings. The first-order valence-corrected chi connectivity index (χ1v) is 3.28. The molecule has 2 unspecified atom stereocenters. The lowest BCUT2D eigenvalue weighted by atomic mass is 11.6. The van der Waals surface area contributed by atoms with Gasteiger partial charge in [-0.25, -0.2) is 0 Å². The largest absolute Gasteiger partial charge is 0.698 e. The van der Waals surface area contributed by atoms with Crippen molar-refractivity contribution < 1.29 is 18.4 Å². The Hall–Kier alpha value is 0.430. The van der Waals surface area contributed by atoms with Crippen LogP contribution in [0.4, 0.5) is 4.39 Å². The van der Waals surface area contributed by atoms with E-state index in [-0.39, 0.29) is 0 Å². The maximum Gasteiger partial charge on any atom is 0.698 e. The van der Waals surface area contributed by atoms with Gasteiger partial charge in [-0.3, -0.25) is 0 Å². The van der Waals surface area contributed by atoms with Crippen LogP contribution in [0.1, 0.15) is 0 Å². The van der Waals surface area contributed by atoms with E-state index in [9.17, 15) is 8.96 Å². The van der Waals surface area contributed by atoms with Gasteiger partial charge in [0.1, 0.15) is 0 Å². The Kier molecular flexibility index (Phi) is 3.65. The third-order valence-electron chi connectivity index (χ3n) is 0.170. The molecule has 0 aromatic carbocycles. The SMILES string of the molecule is O=[P+](O)OC(F)Br. The average molecular weight is 192 g/mol. The smallest absolute Gasteiger partial charge is 0.198 e. The molecule has 0 amide bonds. The van der Waals surface area contributed by atoms with Crippen molar-refractivity contribution in [1.29, 1.82) is 0 Å². The maximum absolute atomic E-state index is 11.3. The molecule has 0 saturated carbocycles.